The van der Waals surface area contributed by atoms with Crippen LogP contribution < -0.4 is 10.0 Å². The number of hydrogen-bond acceptors (Lipinski definition) is 6. The van der Waals surface area contributed by atoms with Crippen LogP contribution in [0.15, 0.2) is 28.0 Å². The molecule has 9 heteroatoms. The van der Waals surface area contributed by atoms with Crippen LogP contribution in [0.4, 0.5) is 0 Å². The lowest BCUT2D eigenvalue weighted by Gasteiger charge is -2.01. The number of aryl methyl sites for hydroxylation is 1. The van der Waals surface area contributed by atoms with E-state index in [1.54, 1.807) is 6.07 Å². The second-order valence-corrected chi connectivity index (χ2v) is 5.96. The Hall–Kier alpha value is -1.71. The van der Waals surface area contributed by atoms with E-state index in [4.69, 9.17) is 4.42 Å². The van der Waals surface area contributed by atoms with E-state index in [1.165, 1.54) is 19.4 Å². The maximum atomic E-state index is 11.5. The molecule has 2 aromatic heterocycles. The second kappa shape index (κ2) is 6.64. The molecule has 0 aliphatic carbocycles. The fraction of sp³-hybridized carbons (Fsp3) is 0.455. The topological polar surface area (TPSA) is 113 Å². The quantitative estimate of drug-likeness (QED) is 0.593. The van der Waals surface area contributed by atoms with Crippen molar-refractivity contribution in [3.05, 3.63) is 30.0 Å². The Morgan fingerprint density at radius 1 is 1.40 bits per heavy atom. The van der Waals surface area contributed by atoms with Crippen LogP contribution >= 0.6 is 0 Å². The number of aromatic amines is 1. The predicted octanol–water partition coefficient (Wildman–Crippen LogP) is 0.0282. The van der Waals surface area contributed by atoms with Gasteiger partial charge in [0.25, 0.3) is 10.0 Å². The summed E-state index contributed by atoms with van der Waals surface area (Å²) in [5.41, 5.74) is 0. The molecule has 0 atom stereocenters. The molecule has 0 spiro atoms. The summed E-state index contributed by atoms with van der Waals surface area (Å²) < 4.78 is 30.4. The fourth-order valence-electron chi connectivity index (χ4n) is 1.64. The molecular weight excluding hydrogens is 282 g/mol. The molecule has 3 N–H and O–H groups in total. The first-order valence-electron chi connectivity index (χ1n) is 6.19. The Bertz CT molecular complexity index is 620. The van der Waals surface area contributed by atoms with E-state index in [1.807, 2.05) is 0 Å². The molecular formula is C11H17N5O3S. The van der Waals surface area contributed by atoms with Gasteiger partial charge in [-0.2, -0.15) is 5.10 Å². The number of nitrogens with zero attached hydrogens (tertiary/aromatic N) is 2. The van der Waals surface area contributed by atoms with Crippen molar-refractivity contribution in [3.63, 3.8) is 0 Å². The summed E-state index contributed by atoms with van der Waals surface area (Å²) in [5, 5.41) is 9.66. The Kier molecular flexibility index (Phi) is 4.88. The lowest BCUT2D eigenvalue weighted by molar-refractivity contribution is 0.400. The van der Waals surface area contributed by atoms with E-state index in [2.05, 4.69) is 25.2 Å². The standard InChI is InChI=1S/C11H17N5O3S/c1-12-20(17,18)11-5-4-9(19-11)7-13-6-2-3-10-14-8-15-16-10/h4-5,8,12-13H,2-3,6-7H2,1H3,(H,14,15,16). The molecule has 0 amide bonds. The highest BCUT2D eigenvalue weighted by Crippen LogP contribution is 2.13. The first-order chi connectivity index (χ1) is 9.62. The largest absolute Gasteiger partial charge is 0.447 e. The van der Waals surface area contributed by atoms with Gasteiger partial charge in [-0.25, -0.2) is 18.1 Å². The molecule has 0 aliphatic rings. The Morgan fingerprint density at radius 2 is 2.25 bits per heavy atom. The number of rotatable bonds is 8. The zero-order valence-corrected chi connectivity index (χ0v) is 11.9. The average molecular weight is 299 g/mol. The molecule has 20 heavy (non-hydrogen) atoms. The van der Waals surface area contributed by atoms with Gasteiger partial charge in [0, 0.05) is 6.42 Å². The molecule has 0 unspecified atom stereocenters. The predicted molar refractivity (Wildman–Crippen MR) is 71.4 cm³/mol. The van der Waals surface area contributed by atoms with Gasteiger partial charge in [0.05, 0.1) is 6.54 Å². The number of H-pyrrole nitrogens is 1. The average Bonchev–Trinajstić information content (AvgIpc) is 3.09. The van der Waals surface area contributed by atoms with Gasteiger partial charge in [-0.15, -0.1) is 0 Å². The summed E-state index contributed by atoms with van der Waals surface area (Å²) in [4.78, 5) is 4.03. The third-order valence-electron chi connectivity index (χ3n) is 2.70. The maximum Gasteiger partial charge on any atom is 0.273 e. The first-order valence-corrected chi connectivity index (χ1v) is 7.67. The van der Waals surface area contributed by atoms with Crippen LogP contribution in [-0.4, -0.2) is 37.2 Å². The van der Waals surface area contributed by atoms with E-state index in [9.17, 15) is 8.42 Å². The van der Waals surface area contributed by atoms with E-state index in [0.717, 1.165) is 25.2 Å². The van der Waals surface area contributed by atoms with Crippen LogP contribution in [0.25, 0.3) is 0 Å². The highest BCUT2D eigenvalue weighted by atomic mass is 32.2. The van der Waals surface area contributed by atoms with Crippen molar-refractivity contribution < 1.29 is 12.8 Å². The minimum absolute atomic E-state index is 0.0709. The number of nitrogens with one attached hydrogen (secondary N) is 3. The van der Waals surface area contributed by atoms with Crippen LogP contribution in [0.3, 0.4) is 0 Å². The van der Waals surface area contributed by atoms with Crippen LogP contribution in [0, 0.1) is 0 Å². The molecule has 2 rings (SSSR count). The number of sulfonamides is 1. The van der Waals surface area contributed by atoms with Gasteiger partial charge in [-0.3, -0.25) is 5.10 Å². The van der Waals surface area contributed by atoms with E-state index in [0.29, 0.717) is 12.3 Å². The van der Waals surface area contributed by atoms with Crippen molar-refractivity contribution in [2.24, 2.45) is 0 Å². The molecule has 2 aromatic rings. The van der Waals surface area contributed by atoms with Gasteiger partial charge < -0.3 is 9.73 Å². The highest BCUT2D eigenvalue weighted by Gasteiger charge is 2.15. The van der Waals surface area contributed by atoms with Crippen LogP contribution in [0.2, 0.25) is 0 Å². The summed E-state index contributed by atoms with van der Waals surface area (Å²) in [6.07, 6.45) is 3.19. The first kappa shape index (κ1) is 14.7. The normalized spacial score (nSPS) is 11.8. The molecule has 0 aromatic carbocycles. The number of aromatic nitrogens is 3. The smallest absolute Gasteiger partial charge is 0.273 e. The van der Waals surface area contributed by atoms with Crippen molar-refractivity contribution in [3.8, 4) is 0 Å². The van der Waals surface area contributed by atoms with Gasteiger partial charge >= 0.3 is 0 Å². The Balaban J connectivity index is 1.72. The van der Waals surface area contributed by atoms with Crippen LogP contribution in [0.5, 0.6) is 0 Å². The van der Waals surface area contributed by atoms with Gasteiger partial charge in [0.1, 0.15) is 17.9 Å². The van der Waals surface area contributed by atoms with E-state index >= 15 is 0 Å². The lowest BCUT2D eigenvalue weighted by Crippen LogP contribution is -2.18. The van der Waals surface area contributed by atoms with Crippen molar-refractivity contribution in [2.75, 3.05) is 13.6 Å². The molecule has 0 radical (unpaired) electrons. The Morgan fingerprint density at radius 3 is 2.95 bits per heavy atom. The van der Waals surface area contributed by atoms with Gasteiger partial charge in [-0.05, 0) is 32.1 Å². The van der Waals surface area contributed by atoms with Crippen LogP contribution in [0.1, 0.15) is 18.0 Å². The molecule has 0 saturated heterocycles. The monoisotopic (exact) mass is 299 g/mol. The van der Waals surface area contributed by atoms with Crippen molar-refractivity contribution >= 4 is 10.0 Å². The van der Waals surface area contributed by atoms with Gasteiger partial charge in [0.15, 0.2) is 0 Å². The molecule has 8 nitrogen and oxygen atoms in total. The molecule has 0 saturated carbocycles. The maximum absolute atomic E-state index is 11.5. The third kappa shape index (κ3) is 3.89. The summed E-state index contributed by atoms with van der Waals surface area (Å²) in [7, 11) is -2.16. The van der Waals surface area contributed by atoms with E-state index < -0.39 is 10.0 Å². The summed E-state index contributed by atoms with van der Waals surface area (Å²) in [5.74, 6) is 1.44. The van der Waals surface area contributed by atoms with Crippen molar-refractivity contribution in [2.45, 2.75) is 24.5 Å². The fourth-order valence-corrected chi connectivity index (χ4v) is 2.31. The minimum Gasteiger partial charge on any atom is -0.447 e. The van der Waals surface area contributed by atoms with Crippen LogP contribution in [-0.2, 0) is 23.0 Å². The lowest BCUT2D eigenvalue weighted by atomic mass is 10.3. The summed E-state index contributed by atoms with van der Waals surface area (Å²) >= 11 is 0. The second-order valence-electron chi connectivity index (χ2n) is 4.14. The summed E-state index contributed by atoms with van der Waals surface area (Å²) in [6.45, 7) is 1.26. The zero-order valence-electron chi connectivity index (χ0n) is 11.1. The van der Waals surface area contributed by atoms with Gasteiger partial charge in [-0.1, -0.05) is 0 Å². The molecule has 0 fully saturated rings. The van der Waals surface area contributed by atoms with Crippen molar-refractivity contribution in [1.29, 1.82) is 0 Å². The Labute approximate surface area is 117 Å². The van der Waals surface area contributed by atoms with E-state index in [-0.39, 0.29) is 5.09 Å². The molecule has 110 valence electrons. The zero-order chi connectivity index (χ0) is 14.4. The van der Waals surface area contributed by atoms with Crippen molar-refractivity contribution in [1.82, 2.24) is 25.2 Å². The number of furan rings is 1. The molecule has 0 bridgehead atoms. The highest BCUT2D eigenvalue weighted by molar-refractivity contribution is 7.89. The third-order valence-corrected chi connectivity index (χ3v) is 3.99. The minimum atomic E-state index is -3.51. The SMILES string of the molecule is CNS(=O)(=O)c1ccc(CNCCCc2ncn[nH]2)o1. The van der Waals surface area contributed by atoms with Gasteiger partial charge in [0.2, 0.25) is 5.09 Å². The number of hydrogen-bond donors (Lipinski definition) is 3. The summed E-state index contributed by atoms with van der Waals surface area (Å²) in [6, 6.07) is 3.09. The molecule has 0 aliphatic heterocycles. The molecule has 2 heterocycles.